The Morgan fingerprint density at radius 1 is 1.09 bits per heavy atom. The number of amidine groups is 1. The van der Waals surface area contributed by atoms with E-state index in [1.807, 2.05) is 31.2 Å². The molecule has 4 aromatic rings. The number of thioether (sulfide) groups is 1. The number of nitrogens with one attached hydrogen (secondary N) is 1. The fraction of sp³-hybridized carbons (Fsp3) is 0.353. The number of urea groups is 1. The Hall–Kier alpha value is -4.32. The van der Waals surface area contributed by atoms with Gasteiger partial charge in [-0.3, -0.25) is 0 Å². The van der Waals surface area contributed by atoms with Crippen molar-refractivity contribution in [2.75, 3.05) is 17.2 Å². The highest BCUT2D eigenvalue weighted by atomic mass is 32.2. The number of anilines is 1. The van der Waals surface area contributed by atoms with E-state index in [1.54, 1.807) is 11.8 Å². The van der Waals surface area contributed by atoms with E-state index < -0.39 is 6.36 Å². The molecule has 0 bridgehead atoms. The van der Waals surface area contributed by atoms with Gasteiger partial charge in [-0.1, -0.05) is 61.5 Å². The molecule has 1 fully saturated rings. The molecule has 3 aromatic carbocycles. The summed E-state index contributed by atoms with van der Waals surface area (Å²) in [7, 11) is 0. The SMILES string of the molecule is CCCc1ccc(C)cc1N1CCS/C1=N\C(=O)NC(C)CCCc1ccc(-c2ncn(-c3ccc(OC(F)(F)F)cc3)n2)cc1. The summed E-state index contributed by atoms with van der Waals surface area (Å²) in [4.78, 5) is 23.8. The highest BCUT2D eigenvalue weighted by molar-refractivity contribution is 8.14. The third-order valence-electron chi connectivity index (χ3n) is 7.54. The summed E-state index contributed by atoms with van der Waals surface area (Å²) < 4.78 is 42.7. The molecule has 0 spiro atoms. The van der Waals surface area contributed by atoms with Crippen LogP contribution in [0.15, 0.2) is 78.0 Å². The van der Waals surface area contributed by atoms with Gasteiger partial charge < -0.3 is 15.0 Å². The normalized spacial score (nSPS) is 14.9. The molecule has 2 amide bonds. The molecule has 5 rings (SSSR count). The second kappa shape index (κ2) is 14.8. The molecule has 1 aliphatic heterocycles. The Kier molecular flexibility index (Phi) is 10.7. The Bertz CT molecular complexity index is 1650. The molecule has 1 aliphatic rings. The number of carbonyl (C=O) groups is 1. The monoisotopic (exact) mass is 650 g/mol. The Morgan fingerprint density at radius 2 is 1.85 bits per heavy atom. The molecule has 12 heteroatoms. The number of aromatic nitrogens is 3. The number of hydrogen-bond acceptors (Lipinski definition) is 5. The van der Waals surface area contributed by atoms with Crippen molar-refractivity contribution >= 4 is 28.6 Å². The lowest BCUT2D eigenvalue weighted by Crippen LogP contribution is -2.33. The molecule has 2 heterocycles. The molecule has 0 aliphatic carbocycles. The lowest BCUT2D eigenvalue weighted by Gasteiger charge is -2.22. The van der Waals surface area contributed by atoms with Crippen LogP contribution in [0.4, 0.5) is 23.7 Å². The van der Waals surface area contributed by atoms with Crippen molar-refractivity contribution in [3.8, 4) is 22.8 Å². The summed E-state index contributed by atoms with van der Waals surface area (Å²) in [5, 5.41) is 8.24. The minimum atomic E-state index is -4.74. The minimum Gasteiger partial charge on any atom is -0.406 e. The molecule has 0 saturated carbocycles. The zero-order valence-electron chi connectivity index (χ0n) is 26.1. The first kappa shape index (κ1) is 33.1. The van der Waals surface area contributed by atoms with E-state index in [4.69, 9.17) is 0 Å². The summed E-state index contributed by atoms with van der Waals surface area (Å²) >= 11 is 1.62. The van der Waals surface area contributed by atoms with Gasteiger partial charge in [0.1, 0.15) is 12.1 Å². The second-order valence-electron chi connectivity index (χ2n) is 11.3. The van der Waals surface area contributed by atoms with Gasteiger partial charge in [-0.15, -0.1) is 18.3 Å². The summed E-state index contributed by atoms with van der Waals surface area (Å²) in [5.41, 5.74) is 6.16. The number of amides is 2. The number of benzene rings is 3. The van der Waals surface area contributed by atoms with Crippen molar-refractivity contribution in [2.24, 2.45) is 4.99 Å². The number of aryl methyl sites for hydroxylation is 3. The third-order valence-corrected chi connectivity index (χ3v) is 8.49. The average Bonchev–Trinajstić information content (AvgIpc) is 3.68. The standard InChI is InChI=1S/C34H37F3N6O2S/c1-4-6-26-12-9-23(2)21-30(26)42-19-20-46-33(42)40-32(44)39-24(3)7-5-8-25-10-13-27(14-11-25)31-38-22-43(41-31)28-15-17-29(18-16-28)45-34(35,36)37/h9-18,21-22,24H,4-8,19-20H2,1-3H3,(H,39,44)/b40-33-. The molecular weight excluding hydrogens is 613 g/mol. The van der Waals surface area contributed by atoms with Crippen molar-refractivity contribution in [1.29, 1.82) is 0 Å². The van der Waals surface area contributed by atoms with Crippen LogP contribution in [0.3, 0.4) is 0 Å². The highest BCUT2D eigenvalue weighted by Gasteiger charge is 2.31. The van der Waals surface area contributed by atoms with Gasteiger partial charge in [0, 0.05) is 29.6 Å². The van der Waals surface area contributed by atoms with Gasteiger partial charge in [0.05, 0.1) is 5.69 Å². The van der Waals surface area contributed by atoms with Crippen LogP contribution in [0.2, 0.25) is 0 Å². The van der Waals surface area contributed by atoms with E-state index >= 15 is 0 Å². The number of hydrogen-bond donors (Lipinski definition) is 1. The van der Waals surface area contributed by atoms with E-state index in [-0.39, 0.29) is 17.8 Å². The summed E-state index contributed by atoms with van der Waals surface area (Å²) in [6.45, 7) is 7.09. The topological polar surface area (TPSA) is 84.6 Å². The smallest absolute Gasteiger partial charge is 0.406 e. The molecule has 1 atom stereocenters. The van der Waals surface area contributed by atoms with Crippen LogP contribution in [0.25, 0.3) is 17.1 Å². The zero-order chi connectivity index (χ0) is 32.7. The van der Waals surface area contributed by atoms with Crippen LogP contribution >= 0.6 is 11.8 Å². The first-order valence-corrected chi connectivity index (χ1v) is 16.3. The molecule has 1 saturated heterocycles. The van der Waals surface area contributed by atoms with Crippen LogP contribution in [0.5, 0.6) is 5.75 Å². The van der Waals surface area contributed by atoms with Crippen LogP contribution in [0.1, 0.15) is 49.8 Å². The quantitative estimate of drug-likeness (QED) is 0.177. The molecule has 8 nitrogen and oxygen atoms in total. The van der Waals surface area contributed by atoms with Crippen molar-refractivity contribution in [1.82, 2.24) is 20.1 Å². The fourth-order valence-corrected chi connectivity index (χ4v) is 6.23. The molecule has 1 N–H and O–H groups in total. The van der Waals surface area contributed by atoms with E-state index in [2.05, 4.69) is 62.1 Å². The maximum absolute atomic E-state index is 12.8. The molecular formula is C34H37F3N6O2S. The lowest BCUT2D eigenvalue weighted by molar-refractivity contribution is -0.274. The van der Waals surface area contributed by atoms with Crippen LogP contribution < -0.4 is 15.0 Å². The number of alkyl halides is 3. The first-order valence-electron chi connectivity index (χ1n) is 15.3. The van der Waals surface area contributed by atoms with Gasteiger partial charge in [-0.2, -0.15) is 4.99 Å². The molecule has 46 heavy (non-hydrogen) atoms. The average molecular weight is 651 g/mol. The van der Waals surface area contributed by atoms with Gasteiger partial charge >= 0.3 is 12.4 Å². The molecule has 242 valence electrons. The second-order valence-corrected chi connectivity index (χ2v) is 12.3. The zero-order valence-corrected chi connectivity index (χ0v) is 26.9. The van der Waals surface area contributed by atoms with Crippen molar-refractivity contribution in [3.63, 3.8) is 0 Å². The van der Waals surface area contributed by atoms with Crippen molar-refractivity contribution < 1.29 is 22.7 Å². The third kappa shape index (κ3) is 8.90. The number of rotatable bonds is 11. The number of ether oxygens (including phenoxy) is 1. The van der Waals surface area contributed by atoms with Gasteiger partial charge in [0.15, 0.2) is 11.0 Å². The van der Waals surface area contributed by atoms with Gasteiger partial charge in [-0.25, -0.2) is 14.5 Å². The molecule has 0 radical (unpaired) electrons. The Balaban J connectivity index is 1.10. The van der Waals surface area contributed by atoms with E-state index in [1.165, 1.54) is 46.4 Å². The van der Waals surface area contributed by atoms with Crippen LogP contribution in [-0.4, -0.2) is 50.7 Å². The minimum absolute atomic E-state index is 0.0205. The number of nitrogens with zero attached hydrogens (tertiary/aromatic N) is 5. The predicted octanol–water partition coefficient (Wildman–Crippen LogP) is 8.12. The van der Waals surface area contributed by atoms with E-state index in [0.717, 1.165) is 66.4 Å². The van der Waals surface area contributed by atoms with Gasteiger partial charge in [-0.05, 0) is 86.6 Å². The van der Waals surface area contributed by atoms with Crippen LogP contribution in [0, 0.1) is 6.92 Å². The maximum atomic E-state index is 12.8. The summed E-state index contributed by atoms with van der Waals surface area (Å²) in [6.07, 6.45) is 1.37. The highest BCUT2D eigenvalue weighted by Crippen LogP contribution is 2.31. The van der Waals surface area contributed by atoms with Crippen molar-refractivity contribution in [2.45, 2.75) is 65.3 Å². The molecule has 1 unspecified atom stereocenters. The summed E-state index contributed by atoms with van der Waals surface area (Å²) in [5.74, 6) is 1.10. The largest absolute Gasteiger partial charge is 0.573 e. The van der Waals surface area contributed by atoms with Crippen molar-refractivity contribution in [3.05, 3.63) is 89.7 Å². The van der Waals surface area contributed by atoms with E-state index in [9.17, 15) is 18.0 Å². The first-order chi connectivity index (χ1) is 22.1. The number of aliphatic imine (C=N–C) groups is 1. The maximum Gasteiger partial charge on any atom is 0.573 e. The van der Waals surface area contributed by atoms with Gasteiger partial charge in [0.2, 0.25) is 0 Å². The summed E-state index contributed by atoms with van der Waals surface area (Å²) in [6, 6.07) is 19.5. The van der Waals surface area contributed by atoms with E-state index in [0.29, 0.717) is 11.5 Å². The Morgan fingerprint density at radius 3 is 2.57 bits per heavy atom. The Labute approximate surface area is 271 Å². The predicted molar refractivity (Wildman–Crippen MR) is 177 cm³/mol. The van der Waals surface area contributed by atoms with Gasteiger partial charge in [0.25, 0.3) is 0 Å². The van der Waals surface area contributed by atoms with Crippen LogP contribution in [-0.2, 0) is 12.8 Å². The fourth-order valence-electron chi connectivity index (χ4n) is 5.28. The number of carbonyl (C=O) groups excluding carboxylic acids is 1. The molecule has 1 aromatic heterocycles. The lowest BCUT2D eigenvalue weighted by atomic mass is 10.0. The number of halogens is 3.